The molecule has 0 amide bonds. The second-order valence-corrected chi connectivity index (χ2v) is 8.99. The maximum atomic E-state index is 11.4. The molecule has 1 aromatic rings. The molecule has 0 saturated heterocycles. The minimum absolute atomic E-state index is 0.0255. The van der Waals surface area contributed by atoms with Crippen LogP contribution in [-0.2, 0) is 11.8 Å². The van der Waals surface area contributed by atoms with Crippen molar-refractivity contribution in [3.8, 4) is 5.75 Å². The van der Waals surface area contributed by atoms with Gasteiger partial charge in [-0.25, -0.2) is 4.79 Å². The van der Waals surface area contributed by atoms with E-state index >= 15 is 0 Å². The minimum atomic E-state index is -1.06. The first-order valence-electron chi connectivity index (χ1n) is 10.2. The molecule has 1 rings (SSSR count). The third kappa shape index (κ3) is 7.80. The standard InChI is InChI=1S/C23H38O3/c1-17(2)13-11-9-7-6-8-10-12-14-18-15-19(23(3,4)5)16-20(21(18)24)22(25)26/h15-17,24H,6-14H2,1-5H3,(H,25,26). The Bertz CT molecular complexity index is 568. The fourth-order valence-corrected chi connectivity index (χ4v) is 3.23. The van der Waals surface area contributed by atoms with Crippen LogP contribution in [0.15, 0.2) is 12.1 Å². The van der Waals surface area contributed by atoms with Gasteiger partial charge in [0.2, 0.25) is 0 Å². The van der Waals surface area contributed by atoms with Crippen LogP contribution >= 0.6 is 0 Å². The van der Waals surface area contributed by atoms with Crippen LogP contribution in [0.4, 0.5) is 0 Å². The molecule has 148 valence electrons. The summed E-state index contributed by atoms with van der Waals surface area (Å²) in [7, 11) is 0. The average Bonchev–Trinajstić information content (AvgIpc) is 2.52. The summed E-state index contributed by atoms with van der Waals surface area (Å²) in [5.74, 6) is -0.308. The predicted molar refractivity (Wildman–Crippen MR) is 109 cm³/mol. The molecule has 3 nitrogen and oxygen atoms in total. The van der Waals surface area contributed by atoms with Gasteiger partial charge in [-0.3, -0.25) is 0 Å². The monoisotopic (exact) mass is 362 g/mol. The fourth-order valence-electron chi connectivity index (χ4n) is 3.23. The number of rotatable bonds is 11. The molecule has 0 unspecified atom stereocenters. The van der Waals surface area contributed by atoms with Crippen LogP contribution in [0, 0.1) is 5.92 Å². The molecule has 0 heterocycles. The second-order valence-electron chi connectivity index (χ2n) is 8.99. The third-order valence-corrected chi connectivity index (χ3v) is 5.01. The Morgan fingerprint density at radius 1 is 0.962 bits per heavy atom. The van der Waals surface area contributed by atoms with Crippen molar-refractivity contribution in [3.05, 3.63) is 28.8 Å². The number of aryl methyl sites for hydroxylation is 1. The first-order chi connectivity index (χ1) is 12.1. The van der Waals surface area contributed by atoms with Crippen molar-refractivity contribution in [2.75, 3.05) is 0 Å². The fraction of sp³-hybridized carbons (Fsp3) is 0.696. The van der Waals surface area contributed by atoms with E-state index in [0.29, 0.717) is 0 Å². The van der Waals surface area contributed by atoms with E-state index in [0.717, 1.165) is 36.3 Å². The Labute approximate surface area is 159 Å². The van der Waals surface area contributed by atoms with Crippen molar-refractivity contribution >= 4 is 5.97 Å². The van der Waals surface area contributed by atoms with E-state index in [1.54, 1.807) is 6.07 Å². The molecule has 0 spiro atoms. The number of benzene rings is 1. The minimum Gasteiger partial charge on any atom is -0.507 e. The quantitative estimate of drug-likeness (QED) is 0.430. The van der Waals surface area contributed by atoms with E-state index < -0.39 is 5.97 Å². The largest absolute Gasteiger partial charge is 0.507 e. The number of carboxylic acids is 1. The van der Waals surface area contributed by atoms with Gasteiger partial charge in [0.25, 0.3) is 0 Å². The van der Waals surface area contributed by atoms with E-state index in [1.165, 1.54) is 38.5 Å². The van der Waals surface area contributed by atoms with Crippen LogP contribution in [0.25, 0.3) is 0 Å². The van der Waals surface area contributed by atoms with Crippen molar-refractivity contribution in [2.45, 2.75) is 97.8 Å². The van der Waals surface area contributed by atoms with Crippen molar-refractivity contribution in [3.63, 3.8) is 0 Å². The maximum absolute atomic E-state index is 11.4. The third-order valence-electron chi connectivity index (χ3n) is 5.01. The lowest BCUT2D eigenvalue weighted by Gasteiger charge is -2.21. The van der Waals surface area contributed by atoms with Crippen LogP contribution in [0.2, 0.25) is 0 Å². The van der Waals surface area contributed by atoms with E-state index in [9.17, 15) is 15.0 Å². The number of carbonyl (C=O) groups is 1. The molecule has 26 heavy (non-hydrogen) atoms. The second kappa shape index (κ2) is 10.6. The summed E-state index contributed by atoms with van der Waals surface area (Å²) in [6, 6.07) is 3.59. The number of carboxylic acid groups (broad SMARTS) is 1. The number of unbranched alkanes of at least 4 members (excludes halogenated alkanes) is 6. The van der Waals surface area contributed by atoms with Crippen molar-refractivity contribution in [1.82, 2.24) is 0 Å². The highest BCUT2D eigenvalue weighted by atomic mass is 16.4. The zero-order valence-corrected chi connectivity index (χ0v) is 17.4. The predicted octanol–water partition coefficient (Wildman–Crippen LogP) is 6.71. The topological polar surface area (TPSA) is 57.5 Å². The zero-order valence-electron chi connectivity index (χ0n) is 17.4. The average molecular weight is 363 g/mol. The summed E-state index contributed by atoms with van der Waals surface area (Å²) in [5, 5.41) is 19.7. The van der Waals surface area contributed by atoms with E-state index in [4.69, 9.17) is 0 Å². The number of phenols is 1. The van der Waals surface area contributed by atoms with Gasteiger partial charge in [-0.1, -0.05) is 85.6 Å². The normalized spacial score (nSPS) is 11.9. The maximum Gasteiger partial charge on any atom is 0.339 e. The molecule has 2 N–H and O–H groups in total. The summed E-state index contributed by atoms with van der Waals surface area (Å²) in [6.07, 6.45) is 10.6. The molecule has 1 aromatic carbocycles. The van der Waals surface area contributed by atoms with Crippen LogP contribution < -0.4 is 0 Å². The van der Waals surface area contributed by atoms with Gasteiger partial charge >= 0.3 is 5.97 Å². The van der Waals surface area contributed by atoms with Crippen LogP contribution in [0.3, 0.4) is 0 Å². The molecule has 3 heteroatoms. The lowest BCUT2D eigenvalue weighted by atomic mass is 9.84. The van der Waals surface area contributed by atoms with E-state index in [-0.39, 0.29) is 16.7 Å². The van der Waals surface area contributed by atoms with Gasteiger partial charge < -0.3 is 10.2 Å². The Morgan fingerprint density at radius 3 is 2.00 bits per heavy atom. The highest BCUT2D eigenvalue weighted by Gasteiger charge is 2.21. The lowest BCUT2D eigenvalue weighted by molar-refractivity contribution is 0.0693. The number of aromatic hydroxyl groups is 1. The summed E-state index contributed by atoms with van der Waals surface area (Å²) in [5.41, 5.74) is 1.63. The summed E-state index contributed by atoms with van der Waals surface area (Å²) < 4.78 is 0. The molecule has 0 aromatic heterocycles. The van der Waals surface area contributed by atoms with Gasteiger partial charge in [-0.2, -0.15) is 0 Å². The Hall–Kier alpha value is -1.51. The molecule has 0 aliphatic carbocycles. The molecular formula is C23H38O3. The van der Waals surface area contributed by atoms with Crippen LogP contribution in [0.1, 0.15) is 107 Å². The number of aromatic carboxylic acids is 1. The molecule has 0 atom stereocenters. The number of hydrogen-bond donors (Lipinski definition) is 2. The van der Waals surface area contributed by atoms with E-state index in [2.05, 4.69) is 34.6 Å². The smallest absolute Gasteiger partial charge is 0.339 e. The highest BCUT2D eigenvalue weighted by molar-refractivity contribution is 5.91. The highest BCUT2D eigenvalue weighted by Crippen LogP contribution is 2.32. The molecule has 0 fully saturated rings. The molecule has 0 aliphatic heterocycles. The van der Waals surface area contributed by atoms with Crippen molar-refractivity contribution in [1.29, 1.82) is 0 Å². The SMILES string of the molecule is CC(C)CCCCCCCCCc1cc(C(C)(C)C)cc(C(=O)O)c1O. The molecule has 0 radical (unpaired) electrons. The van der Waals surface area contributed by atoms with Crippen LogP contribution in [-0.4, -0.2) is 16.2 Å². The Balaban J connectivity index is 2.49. The Morgan fingerprint density at radius 2 is 1.50 bits per heavy atom. The summed E-state index contributed by atoms with van der Waals surface area (Å²) in [6.45, 7) is 10.7. The Kier molecular flexibility index (Phi) is 9.18. The first kappa shape index (κ1) is 22.5. The summed E-state index contributed by atoms with van der Waals surface area (Å²) >= 11 is 0. The molecule has 0 saturated carbocycles. The van der Waals surface area contributed by atoms with Crippen LogP contribution in [0.5, 0.6) is 5.75 Å². The first-order valence-corrected chi connectivity index (χ1v) is 10.2. The zero-order chi connectivity index (χ0) is 19.7. The van der Waals surface area contributed by atoms with Gasteiger partial charge in [0.1, 0.15) is 11.3 Å². The van der Waals surface area contributed by atoms with Gasteiger partial charge in [-0.05, 0) is 41.4 Å². The van der Waals surface area contributed by atoms with E-state index in [1.807, 2.05) is 6.07 Å². The molecule has 0 aliphatic rings. The van der Waals surface area contributed by atoms with Crippen molar-refractivity contribution in [2.24, 2.45) is 5.92 Å². The lowest BCUT2D eigenvalue weighted by Crippen LogP contribution is -2.13. The van der Waals surface area contributed by atoms with Gasteiger partial charge in [0.05, 0.1) is 0 Å². The molecular weight excluding hydrogens is 324 g/mol. The molecule has 0 bridgehead atoms. The number of hydrogen-bond acceptors (Lipinski definition) is 2. The van der Waals surface area contributed by atoms with Gasteiger partial charge in [-0.15, -0.1) is 0 Å². The van der Waals surface area contributed by atoms with Crippen molar-refractivity contribution < 1.29 is 15.0 Å². The van der Waals surface area contributed by atoms with Gasteiger partial charge in [0.15, 0.2) is 0 Å². The summed E-state index contributed by atoms with van der Waals surface area (Å²) in [4.78, 5) is 11.4. The van der Waals surface area contributed by atoms with Gasteiger partial charge in [0, 0.05) is 0 Å².